The van der Waals surface area contributed by atoms with E-state index < -0.39 is 20.4 Å². The maximum atomic E-state index is 13.4. The summed E-state index contributed by atoms with van der Waals surface area (Å²) in [5, 5.41) is 2.73. The lowest BCUT2D eigenvalue weighted by atomic mass is 10.2. The summed E-state index contributed by atoms with van der Waals surface area (Å²) in [4.78, 5) is 24.0. The van der Waals surface area contributed by atoms with Gasteiger partial charge in [-0.05, 0) is 79.5 Å². The third-order valence-corrected chi connectivity index (χ3v) is 9.26. The highest BCUT2D eigenvalue weighted by molar-refractivity contribution is 8.00. The number of rotatable bonds is 6. The number of ether oxygens (including phenoxy) is 2. The number of amides is 1. The monoisotopic (exact) mass is 522 g/mol. The minimum atomic E-state index is -2.45. The highest BCUT2D eigenvalue weighted by Gasteiger charge is 2.26. The van der Waals surface area contributed by atoms with Crippen molar-refractivity contribution in [3.63, 3.8) is 0 Å². The molecule has 1 aromatic heterocycles. The highest BCUT2D eigenvalue weighted by Crippen LogP contribution is 2.27. The van der Waals surface area contributed by atoms with Crippen LogP contribution in [0, 0.1) is 0 Å². The Kier molecular flexibility index (Phi) is 7.85. The third-order valence-electron chi connectivity index (χ3n) is 6.27. The van der Waals surface area contributed by atoms with Crippen molar-refractivity contribution in [1.29, 1.82) is 0 Å². The fraction of sp³-hybridized carbons (Fsp3) is 0.357. The van der Waals surface area contributed by atoms with Crippen molar-refractivity contribution >= 4 is 33.0 Å². The van der Waals surface area contributed by atoms with Crippen molar-refractivity contribution in [2.75, 3.05) is 30.0 Å². The molecule has 1 N–H and O–H groups in total. The van der Waals surface area contributed by atoms with Crippen LogP contribution in [0.2, 0.25) is 0 Å². The molecule has 3 aromatic rings. The maximum absolute atomic E-state index is 13.4. The molecule has 8 nitrogen and oxygen atoms in total. The molecule has 0 radical (unpaired) electrons. The minimum absolute atomic E-state index is 0.151. The Balaban J connectivity index is 1.60. The molecule has 1 aliphatic rings. The van der Waals surface area contributed by atoms with Crippen LogP contribution < -0.4 is 15.0 Å². The minimum Gasteiger partial charge on any atom is -0.410 e. The van der Waals surface area contributed by atoms with E-state index in [0.717, 1.165) is 11.4 Å². The van der Waals surface area contributed by atoms with Crippen molar-refractivity contribution < 1.29 is 18.5 Å². The second-order valence-electron chi connectivity index (χ2n) is 10.1. The number of hydrogen-bond acceptors (Lipinski definition) is 7. The van der Waals surface area contributed by atoms with Crippen LogP contribution in [0.4, 0.5) is 16.3 Å². The largest absolute Gasteiger partial charge is 0.417 e. The highest BCUT2D eigenvalue weighted by atomic mass is 32.2. The number of carbonyl (C=O) groups excluding carboxylic acids is 1. The molecule has 2 heterocycles. The predicted octanol–water partition coefficient (Wildman–Crippen LogP) is 4.99. The molecule has 2 aromatic carbocycles. The quantitative estimate of drug-likeness (QED) is 0.456. The molecule has 9 heteroatoms. The Hall–Kier alpha value is -3.43. The summed E-state index contributed by atoms with van der Waals surface area (Å²) in [7, 11) is -2.45. The standard InChI is InChI=1S/C28H34N4O4S/c1-20-18-35-16-15-32(20)25-17-23(19-37(5,34)28(2,3)4)29-26(31-25)21-11-13-22(14-12-21)30-27(33)36-24-9-7-6-8-10-24/h6-14,17,20H,5,15-16,18-19H2,1-4H3,(H,30,33)/t20-,37?/m0/s1. The Bertz CT molecular complexity index is 1340. The number of para-hydroxylation sites is 1. The molecule has 0 saturated carbocycles. The molecule has 2 atom stereocenters. The van der Waals surface area contributed by atoms with Crippen LogP contribution in [0.15, 0.2) is 60.7 Å². The van der Waals surface area contributed by atoms with E-state index in [2.05, 4.69) is 23.0 Å². The number of hydrogen-bond donors (Lipinski definition) is 1. The molecule has 1 saturated heterocycles. The number of carbonyl (C=O) groups is 1. The molecule has 0 bridgehead atoms. The fourth-order valence-corrected chi connectivity index (χ4v) is 4.86. The zero-order chi connectivity index (χ0) is 26.6. The van der Waals surface area contributed by atoms with Gasteiger partial charge in [0, 0.05) is 28.6 Å². The van der Waals surface area contributed by atoms with E-state index in [0.29, 0.717) is 42.7 Å². The van der Waals surface area contributed by atoms with Crippen molar-refractivity contribution in [2.45, 2.75) is 44.2 Å². The summed E-state index contributed by atoms with van der Waals surface area (Å²) < 4.78 is 23.8. The Morgan fingerprint density at radius 3 is 2.51 bits per heavy atom. The lowest BCUT2D eigenvalue weighted by Crippen LogP contribution is -2.44. The van der Waals surface area contributed by atoms with E-state index in [1.165, 1.54) is 0 Å². The average Bonchev–Trinajstić information content (AvgIpc) is 2.84. The first-order chi connectivity index (χ1) is 17.5. The van der Waals surface area contributed by atoms with Crippen LogP contribution in [0.1, 0.15) is 33.4 Å². The SMILES string of the molecule is C=S(=O)(Cc1cc(N2CCOC[C@@H]2C)nc(-c2ccc(NC(=O)Oc3ccccc3)cc2)n1)C(C)(C)C. The van der Waals surface area contributed by atoms with E-state index in [4.69, 9.17) is 19.4 Å². The molecule has 37 heavy (non-hydrogen) atoms. The second-order valence-corrected chi connectivity index (χ2v) is 13.3. The van der Waals surface area contributed by atoms with E-state index in [-0.39, 0.29) is 11.8 Å². The zero-order valence-corrected chi connectivity index (χ0v) is 22.6. The first-order valence-corrected chi connectivity index (χ1v) is 14.1. The number of anilines is 2. The number of nitrogens with one attached hydrogen (secondary N) is 1. The van der Waals surface area contributed by atoms with Crippen LogP contribution >= 0.6 is 0 Å². The smallest absolute Gasteiger partial charge is 0.410 e. The molecule has 0 spiro atoms. The van der Waals surface area contributed by atoms with Gasteiger partial charge in [-0.2, -0.15) is 0 Å². The fourth-order valence-electron chi connectivity index (χ4n) is 3.80. The van der Waals surface area contributed by atoms with Crippen molar-refractivity contribution in [3.05, 3.63) is 66.4 Å². The summed E-state index contributed by atoms with van der Waals surface area (Å²) in [5.41, 5.74) is 2.04. The van der Waals surface area contributed by atoms with E-state index in [1.54, 1.807) is 36.4 Å². The van der Waals surface area contributed by atoms with Crippen molar-refractivity contribution in [2.24, 2.45) is 0 Å². The van der Waals surface area contributed by atoms with Gasteiger partial charge in [0.25, 0.3) is 0 Å². The topological polar surface area (TPSA) is 93.7 Å². The van der Waals surface area contributed by atoms with E-state index >= 15 is 0 Å². The lowest BCUT2D eigenvalue weighted by Gasteiger charge is -2.34. The first-order valence-electron chi connectivity index (χ1n) is 12.2. The van der Waals surface area contributed by atoms with Gasteiger partial charge in [-0.1, -0.05) is 18.2 Å². The summed E-state index contributed by atoms with van der Waals surface area (Å²) >= 11 is 0. The average molecular weight is 523 g/mol. The van der Waals surface area contributed by atoms with Gasteiger partial charge in [-0.3, -0.25) is 9.53 Å². The van der Waals surface area contributed by atoms with E-state index in [1.807, 2.05) is 45.0 Å². The second kappa shape index (κ2) is 10.9. The van der Waals surface area contributed by atoms with Gasteiger partial charge in [0.15, 0.2) is 5.82 Å². The molecule has 1 amide bonds. The summed E-state index contributed by atoms with van der Waals surface area (Å²) in [5.74, 6) is 6.06. The summed E-state index contributed by atoms with van der Waals surface area (Å²) in [6, 6.07) is 18.2. The van der Waals surface area contributed by atoms with Crippen LogP contribution in [0.3, 0.4) is 0 Å². The van der Waals surface area contributed by atoms with Gasteiger partial charge in [-0.25, -0.2) is 14.8 Å². The first kappa shape index (κ1) is 26.6. The van der Waals surface area contributed by atoms with Crippen LogP contribution in [-0.4, -0.2) is 56.7 Å². The van der Waals surface area contributed by atoms with Gasteiger partial charge in [-0.15, -0.1) is 0 Å². The Morgan fingerprint density at radius 2 is 1.86 bits per heavy atom. The van der Waals surface area contributed by atoms with Crippen LogP contribution in [0.25, 0.3) is 11.4 Å². The summed E-state index contributed by atoms with van der Waals surface area (Å²) in [6.07, 6.45) is -0.576. The molecule has 1 aliphatic heterocycles. The van der Waals surface area contributed by atoms with Gasteiger partial charge in [0.05, 0.1) is 30.7 Å². The van der Waals surface area contributed by atoms with Crippen molar-refractivity contribution in [3.8, 4) is 17.1 Å². The van der Waals surface area contributed by atoms with Crippen molar-refractivity contribution in [1.82, 2.24) is 9.97 Å². The third kappa shape index (κ3) is 6.67. The van der Waals surface area contributed by atoms with E-state index in [9.17, 15) is 9.00 Å². The van der Waals surface area contributed by atoms with Crippen LogP contribution in [0.5, 0.6) is 5.75 Å². The normalized spacial score (nSPS) is 17.6. The number of benzene rings is 2. The molecular weight excluding hydrogens is 488 g/mol. The Morgan fingerprint density at radius 1 is 1.16 bits per heavy atom. The number of nitrogens with zero attached hydrogens (tertiary/aromatic N) is 3. The Labute approximate surface area is 219 Å². The molecule has 4 rings (SSSR count). The maximum Gasteiger partial charge on any atom is 0.417 e. The van der Waals surface area contributed by atoms with Gasteiger partial charge < -0.3 is 14.4 Å². The summed E-state index contributed by atoms with van der Waals surface area (Å²) in [6.45, 7) is 9.84. The molecule has 0 aliphatic carbocycles. The molecule has 1 fully saturated rings. The predicted molar refractivity (Wildman–Crippen MR) is 150 cm³/mol. The molecular formula is C28H34N4O4S. The molecule has 196 valence electrons. The number of aromatic nitrogens is 2. The van der Waals surface area contributed by atoms with Gasteiger partial charge in [0.2, 0.25) is 0 Å². The zero-order valence-electron chi connectivity index (χ0n) is 21.8. The number of morpholine rings is 1. The van der Waals surface area contributed by atoms with Gasteiger partial charge in [0.1, 0.15) is 11.6 Å². The molecule has 1 unspecified atom stereocenters. The van der Waals surface area contributed by atoms with Gasteiger partial charge >= 0.3 is 6.09 Å². The lowest BCUT2D eigenvalue weighted by molar-refractivity contribution is 0.0985. The van der Waals surface area contributed by atoms with Crippen LogP contribution in [-0.2, 0) is 20.0 Å².